The van der Waals surface area contributed by atoms with Crippen LogP contribution in [-0.4, -0.2) is 17.6 Å². The highest BCUT2D eigenvalue weighted by Gasteiger charge is 1.98. The number of nitrogens with one attached hydrogen (secondary N) is 2. The summed E-state index contributed by atoms with van der Waals surface area (Å²) in [6.07, 6.45) is 8.99. The Labute approximate surface area is 89.1 Å². The molecule has 0 spiro atoms. The van der Waals surface area contributed by atoms with E-state index in [4.69, 9.17) is 6.42 Å². The molecular formula is C11H13N3O. The van der Waals surface area contributed by atoms with E-state index in [1.54, 1.807) is 12.4 Å². The summed E-state index contributed by atoms with van der Waals surface area (Å²) in [6, 6.07) is 3.51. The zero-order valence-corrected chi connectivity index (χ0v) is 8.36. The minimum Gasteiger partial charge on any atom is -0.337 e. The van der Waals surface area contributed by atoms with Crippen LogP contribution in [0.15, 0.2) is 24.5 Å². The lowest BCUT2D eigenvalue weighted by atomic mass is 10.3. The first-order valence-corrected chi connectivity index (χ1v) is 4.67. The van der Waals surface area contributed by atoms with Gasteiger partial charge in [-0.05, 0) is 11.6 Å². The van der Waals surface area contributed by atoms with Gasteiger partial charge in [-0.15, -0.1) is 12.3 Å². The van der Waals surface area contributed by atoms with Crippen LogP contribution >= 0.6 is 0 Å². The number of nitrogens with zero attached hydrogens (tertiary/aromatic N) is 1. The van der Waals surface area contributed by atoms with Gasteiger partial charge in [-0.25, -0.2) is 4.79 Å². The van der Waals surface area contributed by atoms with Crippen molar-refractivity contribution in [3.63, 3.8) is 0 Å². The molecule has 4 heteroatoms. The number of terminal acetylenes is 1. The first-order valence-electron chi connectivity index (χ1n) is 4.67. The van der Waals surface area contributed by atoms with Gasteiger partial charge in [-0.3, -0.25) is 4.98 Å². The monoisotopic (exact) mass is 203 g/mol. The Morgan fingerprint density at radius 2 is 2.40 bits per heavy atom. The lowest BCUT2D eigenvalue weighted by Crippen LogP contribution is -2.35. The predicted molar refractivity (Wildman–Crippen MR) is 57.9 cm³/mol. The highest BCUT2D eigenvalue weighted by Crippen LogP contribution is 1.93. The van der Waals surface area contributed by atoms with Crippen molar-refractivity contribution in [2.24, 2.45) is 0 Å². The Morgan fingerprint density at radius 3 is 3.07 bits per heavy atom. The summed E-state index contributed by atoms with van der Waals surface area (Å²) in [6.45, 7) is 0.963. The predicted octanol–water partition coefficient (Wildman–Crippen LogP) is 0.904. The van der Waals surface area contributed by atoms with Crippen LogP contribution in [0.1, 0.15) is 12.0 Å². The molecule has 0 aliphatic heterocycles. The fraction of sp³-hybridized carbons (Fsp3) is 0.273. The van der Waals surface area contributed by atoms with E-state index in [1.165, 1.54) is 0 Å². The number of carbonyl (C=O) groups excluding carboxylic acids is 1. The van der Waals surface area contributed by atoms with E-state index in [-0.39, 0.29) is 6.03 Å². The maximum Gasteiger partial charge on any atom is 0.315 e. The minimum atomic E-state index is -0.214. The smallest absolute Gasteiger partial charge is 0.315 e. The summed E-state index contributed by atoms with van der Waals surface area (Å²) in [5, 5.41) is 5.34. The second-order valence-electron chi connectivity index (χ2n) is 2.92. The number of urea groups is 1. The van der Waals surface area contributed by atoms with E-state index in [2.05, 4.69) is 21.5 Å². The molecule has 0 unspecified atom stereocenters. The van der Waals surface area contributed by atoms with Crippen molar-refractivity contribution in [2.75, 3.05) is 6.54 Å². The van der Waals surface area contributed by atoms with Crippen LogP contribution in [0, 0.1) is 12.3 Å². The van der Waals surface area contributed by atoms with E-state index in [0.717, 1.165) is 5.56 Å². The zero-order chi connectivity index (χ0) is 10.9. The van der Waals surface area contributed by atoms with Crippen LogP contribution in [0.25, 0.3) is 0 Å². The molecule has 2 N–H and O–H groups in total. The SMILES string of the molecule is C#CCCNC(=O)NCc1cccnc1. The average Bonchev–Trinajstić information content (AvgIpc) is 2.28. The van der Waals surface area contributed by atoms with Crippen molar-refractivity contribution in [1.82, 2.24) is 15.6 Å². The molecule has 1 rings (SSSR count). The molecule has 0 aromatic carbocycles. The van der Waals surface area contributed by atoms with E-state index in [9.17, 15) is 4.79 Å². The van der Waals surface area contributed by atoms with Gasteiger partial charge in [-0.1, -0.05) is 6.07 Å². The van der Waals surface area contributed by atoms with Gasteiger partial charge in [-0.2, -0.15) is 0 Å². The normalized spacial score (nSPS) is 9.00. The van der Waals surface area contributed by atoms with E-state index in [0.29, 0.717) is 19.5 Å². The van der Waals surface area contributed by atoms with Crippen molar-refractivity contribution >= 4 is 6.03 Å². The topological polar surface area (TPSA) is 54.0 Å². The first kappa shape index (κ1) is 11.1. The van der Waals surface area contributed by atoms with Crippen molar-refractivity contribution in [3.05, 3.63) is 30.1 Å². The van der Waals surface area contributed by atoms with Crippen LogP contribution < -0.4 is 10.6 Å². The second-order valence-corrected chi connectivity index (χ2v) is 2.92. The summed E-state index contributed by atoms with van der Waals surface area (Å²) in [4.78, 5) is 15.1. The fourth-order valence-electron chi connectivity index (χ4n) is 0.996. The van der Waals surface area contributed by atoms with Crippen molar-refractivity contribution in [3.8, 4) is 12.3 Å². The van der Waals surface area contributed by atoms with Gasteiger partial charge in [0.05, 0.1) is 0 Å². The summed E-state index contributed by atoms with van der Waals surface area (Å²) < 4.78 is 0. The maximum atomic E-state index is 11.2. The van der Waals surface area contributed by atoms with Crippen LogP contribution in [-0.2, 0) is 6.54 Å². The number of hydrogen-bond donors (Lipinski definition) is 2. The highest BCUT2D eigenvalue weighted by atomic mass is 16.2. The maximum absolute atomic E-state index is 11.2. The molecule has 15 heavy (non-hydrogen) atoms. The number of amides is 2. The molecule has 78 valence electrons. The van der Waals surface area contributed by atoms with Crippen molar-refractivity contribution in [1.29, 1.82) is 0 Å². The van der Waals surface area contributed by atoms with Gasteiger partial charge in [0.2, 0.25) is 0 Å². The summed E-state index contributed by atoms with van der Waals surface area (Å²) in [7, 11) is 0. The Hall–Kier alpha value is -2.02. The quantitative estimate of drug-likeness (QED) is 0.564. The summed E-state index contributed by atoms with van der Waals surface area (Å²) in [5.41, 5.74) is 0.963. The number of carbonyl (C=O) groups is 1. The molecule has 0 aliphatic carbocycles. The molecule has 0 radical (unpaired) electrons. The number of hydrogen-bond acceptors (Lipinski definition) is 2. The minimum absolute atomic E-state index is 0.214. The zero-order valence-electron chi connectivity index (χ0n) is 8.36. The molecule has 1 heterocycles. The Balaban J connectivity index is 2.20. The third kappa shape index (κ3) is 4.67. The lowest BCUT2D eigenvalue weighted by Gasteiger charge is -2.05. The fourth-order valence-corrected chi connectivity index (χ4v) is 0.996. The first-order chi connectivity index (χ1) is 7.33. The van der Waals surface area contributed by atoms with E-state index < -0.39 is 0 Å². The molecule has 1 aromatic rings. The van der Waals surface area contributed by atoms with E-state index >= 15 is 0 Å². The van der Waals surface area contributed by atoms with Crippen molar-refractivity contribution in [2.45, 2.75) is 13.0 Å². The third-order valence-corrected chi connectivity index (χ3v) is 1.73. The number of rotatable bonds is 4. The molecule has 0 atom stereocenters. The molecule has 0 aliphatic rings. The van der Waals surface area contributed by atoms with Crippen LogP contribution in [0.5, 0.6) is 0 Å². The standard InChI is InChI=1S/C11H13N3O/c1-2-3-7-13-11(15)14-9-10-5-4-6-12-8-10/h1,4-6,8H,3,7,9H2,(H2,13,14,15). The van der Waals surface area contributed by atoms with Gasteiger partial charge in [0, 0.05) is 31.9 Å². The van der Waals surface area contributed by atoms with Gasteiger partial charge in [0.25, 0.3) is 0 Å². The Morgan fingerprint density at radius 1 is 1.53 bits per heavy atom. The van der Waals surface area contributed by atoms with Gasteiger partial charge in [0.15, 0.2) is 0 Å². The van der Waals surface area contributed by atoms with Crippen LogP contribution in [0.4, 0.5) is 4.79 Å². The lowest BCUT2D eigenvalue weighted by molar-refractivity contribution is 0.240. The number of aromatic nitrogens is 1. The Kier molecular flexibility index (Phi) is 4.74. The largest absolute Gasteiger partial charge is 0.337 e. The van der Waals surface area contributed by atoms with Crippen LogP contribution in [0.2, 0.25) is 0 Å². The summed E-state index contributed by atoms with van der Waals surface area (Å²) >= 11 is 0. The molecule has 1 aromatic heterocycles. The summed E-state index contributed by atoms with van der Waals surface area (Å²) in [5.74, 6) is 2.44. The Bertz CT molecular complexity index is 343. The molecule has 0 bridgehead atoms. The average molecular weight is 203 g/mol. The second kappa shape index (κ2) is 6.44. The van der Waals surface area contributed by atoms with Crippen molar-refractivity contribution < 1.29 is 4.79 Å². The van der Waals surface area contributed by atoms with E-state index in [1.807, 2.05) is 12.1 Å². The highest BCUT2D eigenvalue weighted by molar-refractivity contribution is 5.73. The van der Waals surface area contributed by atoms with Gasteiger partial charge in [0.1, 0.15) is 0 Å². The molecule has 4 nitrogen and oxygen atoms in total. The number of pyridine rings is 1. The molecule has 0 saturated carbocycles. The molecule has 2 amide bonds. The molecule has 0 fully saturated rings. The molecule has 0 saturated heterocycles. The van der Waals surface area contributed by atoms with Gasteiger partial charge >= 0.3 is 6.03 Å². The van der Waals surface area contributed by atoms with Crippen LogP contribution in [0.3, 0.4) is 0 Å². The third-order valence-electron chi connectivity index (χ3n) is 1.73. The van der Waals surface area contributed by atoms with Gasteiger partial charge < -0.3 is 10.6 Å². The molecular weight excluding hydrogens is 190 g/mol.